The Labute approximate surface area is 184 Å². The van der Waals surface area contributed by atoms with Crippen LogP contribution in [-0.2, 0) is 0 Å². The van der Waals surface area contributed by atoms with Gasteiger partial charge < -0.3 is 0 Å². The Balaban J connectivity index is 1.79. The Morgan fingerprint density at radius 2 is 1.77 bits per heavy atom. The third kappa shape index (κ3) is 3.63. The monoisotopic (exact) mass is 441 g/mol. The van der Waals surface area contributed by atoms with Crippen molar-refractivity contribution in [3.8, 4) is 0 Å². The second-order valence-electron chi connectivity index (χ2n) is 7.59. The van der Waals surface area contributed by atoms with Crippen molar-refractivity contribution in [1.82, 2.24) is 4.90 Å². The van der Waals surface area contributed by atoms with E-state index in [2.05, 4.69) is 0 Å². The highest BCUT2D eigenvalue weighted by molar-refractivity contribution is 7.82. The molecule has 1 aliphatic carbocycles. The number of carbonyl (C=O) groups is 1. The van der Waals surface area contributed by atoms with Crippen molar-refractivity contribution in [2.45, 2.75) is 44.2 Å². The minimum Gasteiger partial charge on any atom is -0.271 e. The molecule has 154 valence electrons. The van der Waals surface area contributed by atoms with Crippen molar-refractivity contribution >= 4 is 46.1 Å². The van der Waals surface area contributed by atoms with Gasteiger partial charge in [0.15, 0.2) is 0 Å². The Hall–Kier alpha value is -2.64. The molecule has 1 saturated carbocycles. The van der Waals surface area contributed by atoms with E-state index in [4.69, 9.17) is 28.8 Å². The van der Waals surface area contributed by atoms with E-state index in [9.17, 15) is 14.9 Å². The summed E-state index contributed by atoms with van der Waals surface area (Å²) in [6.45, 7) is 0. The largest absolute Gasteiger partial charge is 0.288 e. The van der Waals surface area contributed by atoms with E-state index < -0.39 is 10.6 Å². The van der Waals surface area contributed by atoms with Gasteiger partial charge in [0, 0.05) is 17.2 Å². The number of benzene rings is 2. The van der Waals surface area contributed by atoms with Gasteiger partial charge in [-0.05, 0) is 37.8 Å². The van der Waals surface area contributed by atoms with E-state index in [1.54, 1.807) is 4.90 Å². The lowest BCUT2D eigenvalue weighted by molar-refractivity contribution is -0.384. The second kappa shape index (κ2) is 8.24. The highest BCUT2D eigenvalue weighted by Crippen LogP contribution is 2.40. The van der Waals surface area contributed by atoms with E-state index in [0.717, 1.165) is 31.2 Å². The summed E-state index contributed by atoms with van der Waals surface area (Å²) in [5.41, 5.74) is 0.630. The summed E-state index contributed by atoms with van der Waals surface area (Å²) in [6.07, 6.45) is 5.48. The summed E-state index contributed by atoms with van der Waals surface area (Å²) in [5.74, 6) is -0.378. The third-order valence-corrected chi connectivity index (χ3v) is 6.38. The van der Waals surface area contributed by atoms with Crippen LogP contribution in [-0.4, -0.2) is 32.1 Å². The Kier molecular flexibility index (Phi) is 5.66. The van der Waals surface area contributed by atoms with Crippen molar-refractivity contribution in [3.63, 3.8) is 0 Å². The zero-order valence-corrected chi connectivity index (χ0v) is 17.8. The SMILES string of the molecule is O=C(c1ccc(Cl)c([N+](=O)[O-])c1)N1C(=S)C(c2ccccc2)=NC12CCCCCC2. The number of carbonyl (C=O) groups excluding carboxylic acids is 1. The van der Waals surface area contributed by atoms with Crippen LogP contribution in [0.25, 0.3) is 0 Å². The minimum absolute atomic E-state index is 0.00838. The van der Waals surface area contributed by atoms with E-state index >= 15 is 0 Å². The van der Waals surface area contributed by atoms with Crippen molar-refractivity contribution in [2.75, 3.05) is 0 Å². The smallest absolute Gasteiger partial charge is 0.271 e. The molecule has 0 atom stereocenters. The molecule has 0 saturated heterocycles. The van der Waals surface area contributed by atoms with E-state index in [0.29, 0.717) is 23.5 Å². The van der Waals surface area contributed by atoms with Gasteiger partial charge in [-0.3, -0.25) is 24.8 Å². The first-order valence-corrected chi connectivity index (χ1v) is 10.7. The zero-order chi connectivity index (χ0) is 21.3. The quantitative estimate of drug-likeness (QED) is 0.354. The maximum absolute atomic E-state index is 13.6. The van der Waals surface area contributed by atoms with Crippen LogP contribution in [0.3, 0.4) is 0 Å². The molecule has 8 heteroatoms. The van der Waals surface area contributed by atoms with Gasteiger partial charge in [0.2, 0.25) is 0 Å². The first-order chi connectivity index (χ1) is 14.4. The van der Waals surface area contributed by atoms with E-state index in [1.165, 1.54) is 18.2 Å². The van der Waals surface area contributed by atoms with Gasteiger partial charge in [-0.2, -0.15) is 0 Å². The Bertz CT molecular complexity index is 1050. The number of hydrogen-bond donors (Lipinski definition) is 0. The molecule has 2 aliphatic rings. The normalized spacial score (nSPS) is 18.2. The summed E-state index contributed by atoms with van der Waals surface area (Å²) in [7, 11) is 0. The first-order valence-electron chi connectivity index (χ1n) is 9.91. The molecule has 4 rings (SSSR count). The second-order valence-corrected chi connectivity index (χ2v) is 8.39. The molecule has 1 amide bonds. The van der Waals surface area contributed by atoms with E-state index in [-0.39, 0.29) is 22.2 Å². The van der Waals surface area contributed by atoms with Crippen molar-refractivity contribution < 1.29 is 9.72 Å². The molecule has 0 radical (unpaired) electrons. The molecule has 0 aromatic heterocycles. The fourth-order valence-electron chi connectivity index (χ4n) is 4.21. The van der Waals surface area contributed by atoms with Gasteiger partial charge in [-0.25, -0.2) is 0 Å². The standard InChI is InChI=1S/C22H20ClN3O3S/c23-17-11-10-16(14-18(17)26(28)29)20(27)25-21(30)19(15-8-4-3-5-9-15)24-22(25)12-6-1-2-7-13-22/h3-5,8-11,14H,1-2,6-7,12-13H2. The van der Waals surface area contributed by atoms with Crippen LogP contribution in [0, 0.1) is 10.1 Å². The van der Waals surface area contributed by atoms with Crippen LogP contribution in [0.4, 0.5) is 5.69 Å². The maximum atomic E-state index is 13.6. The summed E-state index contributed by atoms with van der Waals surface area (Å²) in [4.78, 5) is 31.3. The van der Waals surface area contributed by atoms with Gasteiger partial charge in [0.25, 0.3) is 11.6 Å². The summed E-state index contributed by atoms with van der Waals surface area (Å²) in [5, 5.41) is 11.3. The van der Waals surface area contributed by atoms with Crippen LogP contribution in [0.5, 0.6) is 0 Å². The van der Waals surface area contributed by atoms with Gasteiger partial charge in [-0.15, -0.1) is 0 Å². The molecule has 1 spiro atoms. The molecule has 1 aliphatic heterocycles. The van der Waals surface area contributed by atoms with E-state index in [1.807, 2.05) is 30.3 Å². The molecule has 0 unspecified atom stereocenters. The number of nitro groups is 1. The number of nitro benzene ring substituents is 1. The van der Waals surface area contributed by atoms with Gasteiger partial charge in [-0.1, -0.05) is 67.0 Å². The van der Waals surface area contributed by atoms with Gasteiger partial charge >= 0.3 is 0 Å². The van der Waals surface area contributed by atoms with Crippen LogP contribution in [0.1, 0.15) is 54.4 Å². The van der Waals surface area contributed by atoms with Gasteiger partial charge in [0.1, 0.15) is 21.4 Å². The van der Waals surface area contributed by atoms with Crippen LogP contribution >= 0.6 is 23.8 Å². The fourth-order valence-corrected chi connectivity index (χ4v) is 4.81. The number of hydrogen-bond acceptors (Lipinski definition) is 5. The molecule has 30 heavy (non-hydrogen) atoms. The maximum Gasteiger partial charge on any atom is 0.288 e. The summed E-state index contributed by atoms with van der Waals surface area (Å²) < 4.78 is 0. The van der Waals surface area contributed by atoms with Crippen molar-refractivity contribution in [2.24, 2.45) is 4.99 Å². The zero-order valence-electron chi connectivity index (χ0n) is 16.2. The average Bonchev–Trinajstić information content (AvgIpc) is 2.87. The van der Waals surface area contributed by atoms with Gasteiger partial charge in [0.05, 0.1) is 4.92 Å². The number of aliphatic imine (C=N–C) groups is 1. The molecule has 2 aromatic carbocycles. The number of halogens is 1. The van der Waals surface area contributed by atoms with Crippen molar-refractivity contribution in [3.05, 3.63) is 74.8 Å². The lowest BCUT2D eigenvalue weighted by Gasteiger charge is -2.35. The van der Waals surface area contributed by atoms with Crippen LogP contribution in [0.15, 0.2) is 53.5 Å². The fraction of sp³-hybridized carbons (Fsp3) is 0.318. The number of amides is 1. The number of rotatable bonds is 3. The topological polar surface area (TPSA) is 75.8 Å². The molecular weight excluding hydrogens is 422 g/mol. The molecule has 0 N–H and O–H groups in total. The Morgan fingerprint density at radius 1 is 1.10 bits per heavy atom. The molecule has 1 heterocycles. The number of thiocarbonyl (C=S) groups is 1. The minimum atomic E-state index is -0.746. The lowest BCUT2D eigenvalue weighted by Crippen LogP contribution is -2.49. The predicted molar refractivity (Wildman–Crippen MR) is 120 cm³/mol. The molecular formula is C22H20ClN3O3S. The van der Waals surface area contributed by atoms with Crippen LogP contribution < -0.4 is 0 Å². The third-order valence-electron chi connectivity index (χ3n) is 5.69. The molecule has 2 aromatic rings. The first kappa shape index (κ1) is 20.6. The Morgan fingerprint density at radius 3 is 2.40 bits per heavy atom. The molecule has 6 nitrogen and oxygen atoms in total. The molecule has 1 fully saturated rings. The van der Waals surface area contributed by atoms with Crippen molar-refractivity contribution in [1.29, 1.82) is 0 Å². The summed E-state index contributed by atoms with van der Waals surface area (Å²) in [6, 6.07) is 13.7. The highest BCUT2D eigenvalue weighted by Gasteiger charge is 2.48. The lowest BCUT2D eigenvalue weighted by atomic mass is 9.98. The predicted octanol–water partition coefficient (Wildman–Crippen LogP) is 5.57. The highest BCUT2D eigenvalue weighted by atomic mass is 35.5. The van der Waals surface area contributed by atoms with Crippen LogP contribution in [0.2, 0.25) is 5.02 Å². The summed E-state index contributed by atoms with van der Waals surface area (Å²) >= 11 is 11.7. The average molecular weight is 442 g/mol. The molecule has 0 bridgehead atoms. The number of nitrogens with zero attached hydrogens (tertiary/aromatic N) is 3.